The van der Waals surface area contributed by atoms with Gasteiger partial charge in [0.25, 0.3) is 0 Å². The zero-order valence-electron chi connectivity index (χ0n) is 11.3. The van der Waals surface area contributed by atoms with Crippen LogP contribution in [0.15, 0.2) is 54.6 Å². The minimum atomic E-state index is -0.468. The second kappa shape index (κ2) is 7.08. The first-order valence-electron chi connectivity index (χ1n) is 6.46. The van der Waals surface area contributed by atoms with Crippen LogP contribution < -0.4 is 10.6 Å². The number of aliphatic hydroxyl groups excluding tert-OH is 1. The Morgan fingerprint density at radius 1 is 1.14 bits per heavy atom. The lowest BCUT2D eigenvalue weighted by Gasteiger charge is -2.17. The van der Waals surface area contributed by atoms with Crippen LogP contribution >= 0.6 is 0 Å². The van der Waals surface area contributed by atoms with Crippen LogP contribution in [0.4, 0.5) is 10.5 Å². The molecule has 0 saturated heterocycles. The zero-order valence-corrected chi connectivity index (χ0v) is 11.3. The Kier molecular flexibility index (Phi) is 4.91. The normalized spacial score (nSPS) is 11.2. The van der Waals surface area contributed by atoms with Gasteiger partial charge in [0.1, 0.15) is 0 Å². The van der Waals surface area contributed by atoms with Gasteiger partial charge in [0.05, 0.1) is 24.3 Å². The molecule has 5 heteroatoms. The lowest BCUT2D eigenvalue weighted by molar-refractivity contribution is 0.225. The molecule has 0 aliphatic rings. The van der Waals surface area contributed by atoms with Gasteiger partial charge in [-0.25, -0.2) is 4.79 Å². The second-order valence-corrected chi connectivity index (χ2v) is 4.43. The van der Waals surface area contributed by atoms with Gasteiger partial charge in [-0.3, -0.25) is 0 Å². The number of benzene rings is 2. The first-order chi connectivity index (χ1) is 10.2. The van der Waals surface area contributed by atoms with Crippen molar-refractivity contribution in [1.82, 2.24) is 5.32 Å². The third-order valence-electron chi connectivity index (χ3n) is 2.96. The molecule has 0 spiro atoms. The van der Waals surface area contributed by atoms with E-state index in [9.17, 15) is 9.90 Å². The molecule has 106 valence electrons. The standard InChI is InChI=1S/C16H15N3O2/c17-10-12-6-8-14(9-7-12)18-16(21)19-15(11-20)13-4-2-1-3-5-13/h1-9,15,20H,11H2,(H2,18,19,21)/t15-/m1/s1. The molecule has 0 unspecified atom stereocenters. The highest BCUT2D eigenvalue weighted by atomic mass is 16.3. The van der Waals surface area contributed by atoms with E-state index in [1.54, 1.807) is 24.3 Å². The number of carbonyl (C=O) groups excluding carboxylic acids is 1. The Bertz CT molecular complexity index is 633. The molecule has 0 aliphatic heterocycles. The predicted molar refractivity (Wildman–Crippen MR) is 79.6 cm³/mol. The van der Waals surface area contributed by atoms with Crippen molar-refractivity contribution in [3.63, 3.8) is 0 Å². The molecular weight excluding hydrogens is 266 g/mol. The third kappa shape index (κ3) is 4.06. The van der Waals surface area contributed by atoms with E-state index in [4.69, 9.17) is 5.26 Å². The molecule has 0 radical (unpaired) electrons. The number of nitrogens with zero attached hydrogens (tertiary/aromatic N) is 1. The number of nitriles is 1. The zero-order chi connectivity index (χ0) is 15.1. The second-order valence-electron chi connectivity index (χ2n) is 4.43. The molecule has 21 heavy (non-hydrogen) atoms. The van der Waals surface area contributed by atoms with Crippen molar-refractivity contribution >= 4 is 11.7 Å². The van der Waals surface area contributed by atoms with E-state index < -0.39 is 12.1 Å². The Morgan fingerprint density at radius 2 is 1.81 bits per heavy atom. The van der Waals surface area contributed by atoms with E-state index in [1.807, 2.05) is 36.4 Å². The van der Waals surface area contributed by atoms with Crippen molar-refractivity contribution < 1.29 is 9.90 Å². The van der Waals surface area contributed by atoms with Gasteiger partial charge in [-0.15, -0.1) is 0 Å². The lowest BCUT2D eigenvalue weighted by atomic mass is 10.1. The molecule has 2 aromatic rings. The molecule has 0 aliphatic carbocycles. The van der Waals surface area contributed by atoms with Gasteiger partial charge >= 0.3 is 6.03 Å². The molecule has 0 heterocycles. The maximum atomic E-state index is 11.9. The van der Waals surface area contributed by atoms with Crippen molar-refractivity contribution in [2.75, 3.05) is 11.9 Å². The number of hydrogen-bond donors (Lipinski definition) is 3. The van der Waals surface area contributed by atoms with Crippen molar-refractivity contribution in [3.05, 3.63) is 65.7 Å². The van der Waals surface area contributed by atoms with Crippen LogP contribution in [0.3, 0.4) is 0 Å². The Hall–Kier alpha value is -2.84. The average Bonchev–Trinajstić information content (AvgIpc) is 2.54. The smallest absolute Gasteiger partial charge is 0.319 e. The molecule has 5 nitrogen and oxygen atoms in total. The number of rotatable bonds is 4. The molecule has 0 bridgehead atoms. The summed E-state index contributed by atoms with van der Waals surface area (Å²) < 4.78 is 0. The summed E-state index contributed by atoms with van der Waals surface area (Å²) in [6.07, 6.45) is 0. The summed E-state index contributed by atoms with van der Waals surface area (Å²) in [6, 6.07) is 16.9. The van der Waals surface area contributed by atoms with Crippen LogP contribution in [0, 0.1) is 11.3 Å². The fourth-order valence-corrected chi connectivity index (χ4v) is 1.87. The van der Waals surface area contributed by atoms with Gasteiger partial charge < -0.3 is 15.7 Å². The molecule has 0 fully saturated rings. The van der Waals surface area contributed by atoms with E-state index in [0.29, 0.717) is 11.3 Å². The Balaban J connectivity index is 1.98. The molecule has 2 amide bonds. The number of anilines is 1. The molecule has 2 rings (SSSR count). The van der Waals surface area contributed by atoms with Gasteiger partial charge in [0, 0.05) is 5.69 Å². The third-order valence-corrected chi connectivity index (χ3v) is 2.96. The first kappa shape index (κ1) is 14.6. The summed E-state index contributed by atoms with van der Waals surface area (Å²) in [5, 5.41) is 23.4. The quantitative estimate of drug-likeness (QED) is 0.804. The number of nitrogens with one attached hydrogen (secondary N) is 2. The van der Waals surface area contributed by atoms with Crippen LogP contribution in [0.1, 0.15) is 17.2 Å². The van der Waals surface area contributed by atoms with Crippen LogP contribution in [0.2, 0.25) is 0 Å². The fraction of sp³-hybridized carbons (Fsp3) is 0.125. The van der Waals surface area contributed by atoms with Gasteiger partial charge in [-0.1, -0.05) is 30.3 Å². The minimum Gasteiger partial charge on any atom is -0.394 e. The maximum absolute atomic E-state index is 11.9. The summed E-state index contributed by atoms with van der Waals surface area (Å²) in [5.74, 6) is 0. The van der Waals surface area contributed by atoms with Gasteiger partial charge in [0.2, 0.25) is 0 Å². The molecule has 0 saturated carbocycles. The molecule has 0 aromatic heterocycles. The van der Waals surface area contributed by atoms with E-state index in [2.05, 4.69) is 10.6 Å². The summed E-state index contributed by atoms with van der Waals surface area (Å²) in [6.45, 7) is -0.190. The monoisotopic (exact) mass is 281 g/mol. The van der Waals surface area contributed by atoms with Gasteiger partial charge in [-0.05, 0) is 29.8 Å². The van der Waals surface area contributed by atoms with Crippen LogP contribution in [0.25, 0.3) is 0 Å². The van der Waals surface area contributed by atoms with Crippen molar-refractivity contribution in [2.24, 2.45) is 0 Å². The molecule has 2 aromatic carbocycles. The maximum Gasteiger partial charge on any atom is 0.319 e. The first-order valence-corrected chi connectivity index (χ1v) is 6.46. The largest absolute Gasteiger partial charge is 0.394 e. The predicted octanol–water partition coefficient (Wildman–Crippen LogP) is 2.41. The summed E-state index contributed by atoms with van der Waals surface area (Å²) >= 11 is 0. The summed E-state index contributed by atoms with van der Waals surface area (Å²) in [4.78, 5) is 11.9. The number of hydrogen-bond acceptors (Lipinski definition) is 3. The average molecular weight is 281 g/mol. The van der Waals surface area contributed by atoms with Crippen molar-refractivity contribution in [3.8, 4) is 6.07 Å². The molecule has 1 atom stereocenters. The highest BCUT2D eigenvalue weighted by molar-refractivity contribution is 5.89. The number of urea groups is 1. The number of amides is 2. The van der Waals surface area contributed by atoms with Gasteiger partial charge in [0.15, 0.2) is 0 Å². The number of carbonyl (C=O) groups is 1. The number of aliphatic hydroxyl groups is 1. The van der Waals surface area contributed by atoms with Crippen molar-refractivity contribution in [2.45, 2.75) is 6.04 Å². The summed E-state index contributed by atoms with van der Waals surface area (Å²) in [7, 11) is 0. The Morgan fingerprint density at radius 3 is 2.38 bits per heavy atom. The lowest BCUT2D eigenvalue weighted by Crippen LogP contribution is -2.34. The topological polar surface area (TPSA) is 85.2 Å². The van der Waals surface area contributed by atoms with E-state index in [1.165, 1.54) is 0 Å². The Labute approximate surface area is 122 Å². The molecule has 3 N–H and O–H groups in total. The highest BCUT2D eigenvalue weighted by Crippen LogP contribution is 2.13. The highest BCUT2D eigenvalue weighted by Gasteiger charge is 2.13. The molecular formula is C16H15N3O2. The van der Waals surface area contributed by atoms with E-state index in [0.717, 1.165) is 5.56 Å². The minimum absolute atomic E-state index is 0.190. The van der Waals surface area contributed by atoms with Crippen LogP contribution in [-0.4, -0.2) is 17.7 Å². The fourth-order valence-electron chi connectivity index (χ4n) is 1.87. The van der Waals surface area contributed by atoms with E-state index >= 15 is 0 Å². The summed E-state index contributed by atoms with van der Waals surface area (Å²) in [5.41, 5.74) is 1.93. The van der Waals surface area contributed by atoms with Crippen LogP contribution in [0.5, 0.6) is 0 Å². The van der Waals surface area contributed by atoms with E-state index in [-0.39, 0.29) is 6.61 Å². The van der Waals surface area contributed by atoms with Crippen molar-refractivity contribution in [1.29, 1.82) is 5.26 Å². The SMILES string of the molecule is N#Cc1ccc(NC(=O)N[C@H](CO)c2ccccc2)cc1. The van der Waals surface area contributed by atoms with Gasteiger partial charge in [-0.2, -0.15) is 5.26 Å². The van der Waals surface area contributed by atoms with Crippen LogP contribution in [-0.2, 0) is 0 Å².